The predicted octanol–water partition coefficient (Wildman–Crippen LogP) is 2.60. The van der Waals surface area contributed by atoms with Crippen LogP contribution >= 0.6 is 23.8 Å². The zero-order valence-electron chi connectivity index (χ0n) is 12.3. The van der Waals surface area contributed by atoms with Crippen LogP contribution in [0.5, 0.6) is 5.88 Å². The van der Waals surface area contributed by atoms with Gasteiger partial charge in [-0.1, -0.05) is 11.6 Å². The lowest BCUT2D eigenvalue weighted by Crippen LogP contribution is -2.21. The molecule has 7 nitrogen and oxygen atoms in total. The van der Waals surface area contributed by atoms with Crippen LogP contribution in [0.4, 0.5) is 5.69 Å². The number of carbonyl (C=O) groups is 1. The van der Waals surface area contributed by atoms with Crippen molar-refractivity contribution in [2.75, 3.05) is 5.01 Å². The lowest BCUT2D eigenvalue weighted by molar-refractivity contribution is -0.114. The van der Waals surface area contributed by atoms with Gasteiger partial charge in [0.25, 0.3) is 11.5 Å². The van der Waals surface area contributed by atoms with Crippen molar-refractivity contribution < 1.29 is 9.90 Å². The van der Waals surface area contributed by atoms with Gasteiger partial charge in [0, 0.05) is 5.02 Å². The van der Waals surface area contributed by atoms with Crippen LogP contribution in [-0.4, -0.2) is 26.7 Å². The molecule has 2 heterocycles. The molecule has 0 aliphatic carbocycles. The smallest absolute Gasteiger partial charge is 0.280 e. The Morgan fingerprint density at radius 2 is 1.92 bits per heavy atom. The molecule has 0 saturated heterocycles. The molecule has 3 rings (SSSR count). The van der Waals surface area contributed by atoms with Crippen molar-refractivity contribution in [1.82, 2.24) is 9.97 Å². The zero-order valence-corrected chi connectivity index (χ0v) is 13.9. The number of halogens is 1. The van der Waals surface area contributed by atoms with E-state index < -0.39 is 17.3 Å². The Bertz CT molecular complexity index is 1000. The maximum Gasteiger partial charge on any atom is 0.280 e. The van der Waals surface area contributed by atoms with Gasteiger partial charge in [-0.15, -0.1) is 0 Å². The second-order valence-corrected chi connectivity index (χ2v) is 5.85. The van der Waals surface area contributed by atoms with Crippen LogP contribution in [-0.2, 0) is 4.79 Å². The molecule has 0 fully saturated rings. The summed E-state index contributed by atoms with van der Waals surface area (Å²) in [5.74, 6) is -0.835. The van der Waals surface area contributed by atoms with E-state index in [-0.39, 0.29) is 15.9 Å². The largest absolute Gasteiger partial charge is 0.494 e. The Morgan fingerprint density at radius 1 is 1.25 bits per heavy atom. The van der Waals surface area contributed by atoms with E-state index in [0.717, 1.165) is 0 Å². The fraction of sp³-hybridized carbons (Fsp3) is 0.0667. The number of aromatic hydroxyl groups is 1. The second-order valence-electron chi connectivity index (χ2n) is 5.01. The third-order valence-electron chi connectivity index (χ3n) is 3.38. The highest BCUT2D eigenvalue weighted by Crippen LogP contribution is 2.26. The number of nitrogens with one attached hydrogen (secondary N) is 2. The van der Waals surface area contributed by atoms with Crippen molar-refractivity contribution >= 4 is 47.2 Å². The molecule has 1 aromatic heterocycles. The third-order valence-corrected chi connectivity index (χ3v) is 3.84. The van der Waals surface area contributed by atoms with Crippen LogP contribution in [0.2, 0.25) is 5.02 Å². The van der Waals surface area contributed by atoms with E-state index in [9.17, 15) is 14.7 Å². The molecule has 0 unspecified atom stereocenters. The quantitative estimate of drug-likeness (QED) is 0.564. The highest BCUT2D eigenvalue weighted by atomic mass is 35.5. The van der Waals surface area contributed by atoms with Crippen LogP contribution < -0.4 is 10.6 Å². The van der Waals surface area contributed by atoms with Gasteiger partial charge in [0.05, 0.1) is 17.0 Å². The topological polar surface area (TPSA) is 102 Å². The standard InChI is InChI=1S/C15H11ClN4O3S/c1-7-10(6-11-12(21)17-15(24)18-13(11)22)14(23)20(19-7)9-4-2-8(16)3-5-9/h2-6H,1H3,(H3,17,18,21,22,24)/b10-6+. The Morgan fingerprint density at radius 3 is 2.54 bits per heavy atom. The summed E-state index contributed by atoms with van der Waals surface area (Å²) in [5, 5.41) is 15.8. The van der Waals surface area contributed by atoms with Crippen molar-refractivity contribution in [3.8, 4) is 5.88 Å². The SMILES string of the molecule is CC1=NN(c2ccc(Cl)cc2)C(=O)/C1=C/c1c(O)[nH]c(=S)[nH]c1=O. The summed E-state index contributed by atoms with van der Waals surface area (Å²) in [6.07, 6.45) is 1.27. The van der Waals surface area contributed by atoms with Gasteiger partial charge in [-0.3, -0.25) is 14.6 Å². The van der Waals surface area contributed by atoms with Gasteiger partial charge in [0.15, 0.2) is 4.77 Å². The lowest BCUT2D eigenvalue weighted by Gasteiger charge is -2.11. The molecular formula is C15H11ClN4O3S. The molecule has 0 saturated carbocycles. The van der Waals surface area contributed by atoms with Crippen molar-refractivity contribution in [2.45, 2.75) is 6.92 Å². The van der Waals surface area contributed by atoms with Gasteiger partial charge in [-0.2, -0.15) is 10.1 Å². The fourth-order valence-corrected chi connectivity index (χ4v) is 2.52. The molecule has 3 N–H and O–H groups in total. The van der Waals surface area contributed by atoms with Crippen molar-refractivity contribution in [2.24, 2.45) is 5.10 Å². The summed E-state index contributed by atoms with van der Waals surface area (Å²) in [6.45, 7) is 1.63. The Kier molecular flexibility index (Phi) is 4.08. The van der Waals surface area contributed by atoms with Crippen LogP contribution in [0.25, 0.3) is 6.08 Å². The number of rotatable bonds is 2. The first-order valence-corrected chi connectivity index (χ1v) is 7.58. The van der Waals surface area contributed by atoms with Crippen LogP contribution in [0.15, 0.2) is 39.7 Å². The first kappa shape index (κ1) is 16.2. The number of aromatic amines is 2. The number of hydrazone groups is 1. The molecule has 122 valence electrons. The maximum absolute atomic E-state index is 12.6. The van der Waals surface area contributed by atoms with Crippen LogP contribution in [0.1, 0.15) is 12.5 Å². The van der Waals surface area contributed by atoms with E-state index in [4.69, 9.17) is 23.8 Å². The molecule has 0 spiro atoms. The molecule has 24 heavy (non-hydrogen) atoms. The van der Waals surface area contributed by atoms with Gasteiger partial charge in [-0.25, -0.2) is 0 Å². The number of H-pyrrole nitrogens is 2. The summed E-state index contributed by atoms with van der Waals surface area (Å²) >= 11 is 10.6. The second kappa shape index (κ2) is 6.06. The summed E-state index contributed by atoms with van der Waals surface area (Å²) < 4.78 is -0.00872. The van der Waals surface area contributed by atoms with Gasteiger partial charge in [-0.05, 0) is 49.5 Å². The first-order chi connectivity index (χ1) is 11.4. The molecule has 0 atom stereocenters. The average Bonchev–Trinajstić information content (AvgIpc) is 2.79. The molecule has 0 bridgehead atoms. The highest BCUT2D eigenvalue weighted by Gasteiger charge is 2.29. The molecular weight excluding hydrogens is 352 g/mol. The van der Waals surface area contributed by atoms with E-state index in [1.807, 2.05) is 0 Å². The van der Waals surface area contributed by atoms with Crippen molar-refractivity contribution in [3.05, 3.63) is 55.5 Å². The molecule has 1 amide bonds. The van der Waals surface area contributed by atoms with Gasteiger partial charge in [0.2, 0.25) is 5.88 Å². The number of aromatic nitrogens is 2. The minimum Gasteiger partial charge on any atom is -0.494 e. The summed E-state index contributed by atoms with van der Waals surface area (Å²) in [7, 11) is 0. The summed E-state index contributed by atoms with van der Waals surface area (Å²) in [5.41, 5.74) is 0.443. The fourth-order valence-electron chi connectivity index (χ4n) is 2.20. The number of hydrogen-bond acceptors (Lipinski definition) is 5. The van der Waals surface area contributed by atoms with E-state index >= 15 is 0 Å². The number of nitrogens with zero attached hydrogens (tertiary/aromatic N) is 2. The minimum atomic E-state index is -0.603. The van der Waals surface area contributed by atoms with Crippen LogP contribution in [0.3, 0.4) is 0 Å². The van der Waals surface area contributed by atoms with E-state index in [0.29, 0.717) is 16.4 Å². The molecule has 0 radical (unpaired) electrons. The number of benzene rings is 1. The zero-order chi connectivity index (χ0) is 17.4. The average molecular weight is 363 g/mol. The van der Waals surface area contributed by atoms with Gasteiger partial charge in [0.1, 0.15) is 5.56 Å². The van der Waals surface area contributed by atoms with E-state index in [2.05, 4.69) is 15.1 Å². The van der Waals surface area contributed by atoms with Gasteiger partial charge < -0.3 is 10.1 Å². The monoisotopic (exact) mass is 362 g/mol. The Balaban J connectivity index is 2.04. The van der Waals surface area contributed by atoms with E-state index in [1.54, 1.807) is 31.2 Å². The molecule has 1 aliphatic rings. The molecule has 9 heteroatoms. The van der Waals surface area contributed by atoms with E-state index in [1.165, 1.54) is 11.1 Å². The maximum atomic E-state index is 12.6. The summed E-state index contributed by atoms with van der Waals surface area (Å²) in [6, 6.07) is 6.60. The lowest BCUT2D eigenvalue weighted by atomic mass is 10.1. The van der Waals surface area contributed by atoms with Gasteiger partial charge >= 0.3 is 0 Å². The Hall–Kier alpha value is -2.71. The first-order valence-electron chi connectivity index (χ1n) is 6.79. The van der Waals surface area contributed by atoms with Crippen molar-refractivity contribution in [1.29, 1.82) is 0 Å². The normalized spacial score (nSPS) is 15.9. The number of hydrogen-bond donors (Lipinski definition) is 3. The Labute approximate surface area is 145 Å². The molecule has 1 aromatic carbocycles. The molecule has 2 aromatic rings. The predicted molar refractivity (Wildman–Crippen MR) is 93.9 cm³/mol. The molecule has 1 aliphatic heterocycles. The van der Waals surface area contributed by atoms with Crippen molar-refractivity contribution in [3.63, 3.8) is 0 Å². The minimum absolute atomic E-state index is 0.00872. The number of amides is 1. The summed E-state index contributed by atoms with van der Waals surface area (Å²) in [4.78, 5) is 29.3. The third kappa shape index (κ3) is 2.89. The highest BCUT2D eigenvalue weighted by molar-refractivity contribution is 7.71. The number of carbonyl (C=O) groups excluding carboxylic acids is 1. The van der Waals surface area contributed by atoms with Crippen LogP contribution in [0, 0.1) is 4.77 Å². The number of anilines is 1.